The maximum absolute atomic E-state index is 11.8. The Hall–Kier alpha value is -3.06. The highest BCUT2D eigenvalue weighted by molar-refractivity contribution is 5.93. The molecule has 2 aromatic rings. The van der Waals surface area contributed by atoms with E-state index in [0.717, 1.165) is 0 Å². The molecule has 0 unspecified atom stereocenters. The van der Waals surface area contributed by atoms with Crippen LogP contribution in [0.5, 0.6) is 11.5 Å². The molecular formula is C15H13NO6. The molecule has 0 fully saturated rings. The number of hydrogen-bond acceptors (Lipinski definition) is 7. The van der Waals surface area contributed by atoms with Gasteiger partial charge in [0.25, 0.3) is 0 Å². The van der Waals surface area contributed by atoms with E-state index >= 15 is 0 Å². The molecule has 0 bridgehead atoms. The van der Waals surface area contributed by atoms with Crippen LogP contribution in [-0.4, -0.2) is 34.4 Å². The van der Waals surface area contributed by atoms with Gasteiger partial charge in [-0.15, -0.1) is 0 Å². The largest absolute Gasteiger partial charge is 0.507 e. The first kappa shape index (κ1) is 15.3. The fourth-order valence-corrected chi connectivity index (χ4v) is 1.64. The Morgan fingerprint density at radius 1 is 0.818 bits per heavy atom. The molecule has 7 heteroatoms. The highest BCUT2D eigenvalue weighted by atomic mass is 17.0. The summed E-state index contributed by atoms with van der Waals surface area (Å²) in [6.07, 6.45) is 0. The summed E-state index contributed by atoms with van der Waals surface area (Å²) >= 11 is 0. The van der Waals surface area contributed by atoms with Gasteiger partial charge in [0.2, 0.25) is 0 Å². The lowest BCUT2D eigenvalue weighted by Crippen LogP contribution is -2.27. The smallest absolute Gasteiger partial charge is 0.364 e. The standard InChI is InChI=1S/C15H13NO6/c1-16(21-14(19)10-6-2-4-8-12(10)17)22-15(20)11-7-3-5-9-13(11)18/h2-9,17-18H,1H3. The average Bonchev–Trinajstić information content (AvgIpc) is 2.47. The molecule has 0 amide bonds. The fraction of sp³-hybridized carbons (Fsp3) is 0.0667. The highest BCUT2D eigenvalue weighted by Gasteiger charge is 2.19. The molecule has 0 atom stereocenters. The van der Waals surface area contributed by atoms with E-state index in [1.165, 1.54) is 31.3 Å². The molecule has 2 N–H and O–H groups in total. The maximum Gasteiger partial charge on any atom is 0.364 e. The van der Waals surface area contributed by atoms with E-state index in [4.69, 9.17) is 9.68 Å². The van der Waals surface area contributed by atoms with Crippen LogP contribution < -0.4 is 0 Å². The third-order valence-corrected chi connectivity index (χ3v) is 2.67. The third kappa shape index (κ3) is 3.53. The van der Waals surface area contributed by atoms with Crippen LogP contribution in [0.1, 0.15) is 20.7 Å². The Labute approximate surface area is 125 Å². The molecule has 7 nitrogen and oxygen atoms in total. The van der Waals surface area contributed by atoms with Crippen LogP contribution in [0.3, 0.4) is 0 Å². The molecule has 0 aliphatic heterocycles. The normalized spacial score (nSPS) is 10.3. The van der Waals surface area contributed by atoms with Gasteiger partial charge in [0.05, 0.1) is 7.05 Å². The molecule has 0 radical (unpaired) electrons. The minimum atomic E-state index is -0.898. The van der Waals surface area contributed by atoms with Crippen molar-refractivity contribution in [3.8, 4) is 11.5 Å². The first-order valence-corrected chi connectivity index (χ1v) is 6.23. The van der Waals surface area contributed by atoms with Gasteiger partial charge in [0, 0.05) is 5.23 Å². The molecule has 0 aliphatic rings. The zero-order valence-electron chi connectivity index (χ0n) is 11.6. The van der Waals surface area contributed by atoms with Crippen molar-refractivity contribution in [1.82, 2.24) is 5.23 Å². The van der Waals surface area contributed by atoms with Crippen LogP contribution in [0, 0.1) is 0 Å². The number of nitrogens with zero attached hydrogens (tertiary/aromatic N) is 1. The zero-order chi connectivity index (χ0) is 16.1. The van der Waals surface area contributed by atoms with Gasteiger partial charge in [-0.1, -0.05) is 24.3 Å². The number of benzene rings is 2. The van der Waals surface area contributed by atoms with Crippen LogP contribution in [0.4, 0.5) is 0 Å². The molecule has 0 heterocycles. The zero-order valence-corrected chi connectivity index (χ0v) is 11.6. The summed E-state index contributed by atoms with van der Waals surface area (Å²) in [6, 6.07) is 11.6. The molecule has 0 saturated carbocycles. The number of carbonyl (C=O) groups is 2. The number of hydroxylamine groups is 2. The predicted octanol–water partition coefficient (Wildman–Crippen LogP) is 1.87. The van der Waals surface area contributed by atoms with Gasteiger partial charge < -0.3 is 19.9 Å². The van der Waals surface area contributed by atoms with Crippen molar-refractivity contribution in [3.63, 3.8) is 0 Å². The molecular weight excluding hydrogens is 290 g/mol. The molecule has 2 aromatic carbocycles. The molecule has 0 spiro atoms. The molecule has 114 valence electrons. The topological polar surface area (TPSA) is 96.3 Å². The van der Waals surface area contributed by atoms with Gasteiger partial charge in [-0.3, -0.25) is 0 Å². The first-order valence-electron chi connectivity index (χ1n) is 6.23. The summed E-state index contributed by atoms with van der Waals surface area (Å²) in [6.45, 7) is 0. The number of aromatic hydroxyl groups is 2. The Morgan fingerprint density at radius 3 is 1.55 bits per heavy atom. The molecule has 0 aliphatic carbocycles. The van der Waals surface area contributed by atoms with Crippen LogP contribution in [-0.2, 0) is 9.68 Å². The van der Waals surface area contributed by atoms with E-state index in [2.05, 4.69) is 0 Å². The van der Waals surface area contributed by atoms with Crippen molar-refractivity contribution in [3.05, 3.63) is 59.7 Å². The second-order valence-electron chi connectivity index (χ2n) is 4.23. The van der Waals surface area contributed by atoms with E-state index in [1.54, 1.807) is 24.3 Å². The number of phenolic OH excluding ortho intramolecular Hbond substituents is 2. The monoisotopic (exact) mass is 303 g/mol. The fourth-order valence-electron chi connectivity index (χ4n) is 1.64. The van der Waals surface area contributed by atoms with Crippen molar-refractivity contribution in [1.29, 1.82) is 0 Å². The molecule has 22 heavy (non-hydrogen) atoms. The highest BCUT2D eigenvalue weighted by Crippen LogP contribution is 2.19. The van der Waals surface area contributed by atoms with Crippen LogP contribution >= 0.6 is 0 Å². The van der Waals surface area contributed by atoms with Gasteiger partial charge >= 0.3 is 11.9 Å². The maximum atomic E-state index is 11.8. The number of hydrogen-bond donors (Lipinski definition) is 2. The minimum absolute atomic E-state index is 0.0760. The Bertz CT molecular complexity index is 640. The van der Waals surface area contributed by atoms with Gasteiger partial charge in [0.1, 0.15) is 22.6 Å². The van der Waals surface area contributed by atoms with Crippen LogP contribution in [0.2, 0.25) is 0 Å². The Balaban J connectivity index is 2.00. The van der Waals surface area contributed by atoms with E-state index in [1.807, 2.05) is 0 Å². The Kier molecular flexibility index (Phi) is 4.60. The van der Waals surface area contributed by atoms with Gasteiger partial charge in [0.15, 0.2) is 0 Å². The summed E-state index contributed by atoms with van der Waals surface area (Å²) in [5.41, 5.74) is -0.152. The SMILES string of the molecule is CN(OC(=O)c1ccccc1O)OC(=O)c1ccccc1O. The second-order valence-corrected chi connectivity index (χ2v) is 4.23. The summed E-state index contributed by atoms with van der Waals surface area (Å²) in [7, 11) is 1.19. The van der Waals surface area contributed by atoms with Crippen molar-refractivity contribution in [2.75, 3.05) is 7.05 Å². The lowest BCUT2D eigenvalue weighted by atomic mass is 10.2. The summed E-state index contributed by atoms with van der Waals surface area (Å²) in [5, 5.41) is 19.6. The van der Waals surface area contributed by atoms with Crippen molar-refractivity contribution in [2.24, 2.45) is 0 Å². The van der Waals surface area contributed by atoms with Crippen molar-refractivity contribution in [2.45, 2.75) is 0 Å². The lowest BCUT2D eigenvalue weighted by Gasteiger charge is -2.15. The van der Waals surface area contributed by atoms with Crippen molar-refractivity contribution >= 4 is 11.9 Å². The van der Waals surface area contributed by atoms with Crippen LogP contribution in [0.25, 0.3) is 0 Å². The Morgan fingerprint density at radius 2 is 1.18 bits per heavy atom. The number of carbonyl (C=O) groups excluding carboxylic acids is 2. The number of rotatable bonds is 4. The predicted molar refractivity (Wildman–Crippen MR) is 74.8 cm³/mol. The first-order chi connectivity index (χ1) is 10.5. The second kappa shape index (κ2) is 6.59. The van der Waals surface area contributed by atoms with E-state index in [-0.39, 0.29) is 22.6 Å². The lowest BCUT2D eigenvalue weighted by molar-refractivity contribution is -0.280. The van der Waals surface area contributed by atoms with E-state index in [0.29, 0.717) is 5.23 Å². The summed E-state index contributed by atoms with van der Waals surface area (Å²) in [5.74, 6) is -2.31. The van der Waals surface area contributed by atoms with E-state index in [9.17, 15) is 19.8 Å². The molecule has 2 rings (SSSR count). The average molecular weight is 303 g/mol. The quantitative estimate of drug-likeness (QED) is 0.832. The van der Waals surface area contributed by atoms with Gasteiger partial charge in [-0.05, 0) is 24.3 Å². The van der Waals surface area contributed by atoms with Crippen LogP contribution in [0.15, 0.2) is 48.5 Å². The molecule has 0 saturated heterocycles. The summed E-state index contributed by atoms with van der Waals surface area (Å²) in [4.78, 5) is 33.1. The minimum Gasteiger partial charge on any atom is -0.507 e. The van der Waals surface area contributed by atoms with Gasteiger partial charge in [-0.2, -0.15) is 0 Å². The number of phenols is 2. The van der Waals surface area contributed by atoms with Crippen molar-refractivity contribution < 1.29 is 29.5 Å². The number of para-hydroxylation sites is 2. The third-order valence-electron chi connectivity index (χ3n) is 2.67. The van der Waals surface area contributed by atoms with E-state index < -0.39 is 11.9 Å². The van der Waals surface area contributed by atoms with Gasteiger partial charge in [-0.25, -0.2) is 9.59 Å². The molecule has 0 aromatic heterocycles. The summed E-state index contributed by atoms with van der Waals surface area (Å²) < 4.78 is 0.